The highest BCUT2D eigenvalue weighted by Gasteiger charge is 2.15. The van der Waals surface area contributed by atoms with Crippen molar-refractivity contribution in [2.24, 2.45) is 0 Å². The number of hydrogen-bond acceptors (Lipinski definition) is 2. The highest BCUT2D eigenvalue weighted by Crippen LogP contribution is 2.34. The summed E-state index contributed by atoms with van der Waals surface area (Å²) in [4.78, 5) is 0.248. The van der Waals surface area contributed by atoms with Gasteiger partial charge < -0.3 is 4.52 Å². The van der Waals surface area contributed by atoms with Gasteiger partial charge in [-0.1, -0.05) is 63.6 Å². The van der Waals surface area contributed by atoms with E-state index in [0.717, 1.165) is 27.8 Å². The van der Waals surface area contributed by atoms with Crippen LogP contribution < -0.4 is 0 Å². The molecule has 18 heavy (non-hydrogen) atoms. The van der Waals surface area contributed by atoms with Crippen molar-refractivity contribution in [1.82, 2.24) is 5.16 Å². The van der Waals surface area contributed by atoms with E-state index >= 15 is 0 Å². The standard InChI is InChI=1S/C15H12BrNO/c1-10(16)12-8-5-9-13-14(17-18-15(12)13)11-6-3-2-4-7-11/h2-10H,1H3. The van der Waals surface area contributed by atoms with E-state index in [-0.39, 0.29) is 4.83 Å². The molecule has 3 heteroatoms. The fourth-order valence-corrected chi connectivity index (χ4v) is 2.46. The van der Waals surface area contributed by atoms with Gasteiger partial charge in [-0.25, -0.2) is 0 Å². The van der Waals surface area contributed by atoms with Crippen molar-refractivity contribution in [1.29, 1.82) is 0 Å². The molecule has 0 radical (unpaired) electrons. The third-order valence-electron chi connectivity index (χ3n) is 3.00. The molecule has 2 aromatic carbocycles. The van der Waals surface area contributed by atoms with Crippen LogP contribution in [0.3, 0.4) is 0 Å². The van der Waals surface area contributed by atoms with Crippen LogP contribution in [-0.2, 0) is 0 Å². The number of rotatable bonds is 2. The van der Waals surface area contributed by atoms with Gasteiger partial charge in [0.2, 0.25) is 0 Å². The molecule has 0 amide bonds. The Morgan fingerprint density at radius 3 is 2.56 bits per heavy atom. The predicted molar refractivity (Wildman–Crippen MR) is 76.8 cm³/mol. The third kappa shape index (κ3) is 1.85. The molecule has 1 atom stereocenters. The van der Waals surface area contributed by atoms with E-state index in [9.17, 15) is 0 Å². The smallest absolute Gasteiger partial charge is 0.171 e. The monoisotopic (exact) mass is 301 g/mol. The average molecular weight is 302 g/mol. The molecule has 3 aromatic rings. The van der Waals surface area contributed by atoms with Gasteiger partial charge in [0.1, 0.15) is 5.69 Å². The third-order valence-corrected chi connectivity index (χ3v) is 3.50. The number of nitrogens with zero attached hydrogens (tertiary/aromatic N) is 1. The quantitative estimate of drug-likeness (QED) is 0.626. The lowest BCUT2D eigenvalue weighted by molar-refractivity contribution is 0.457. The van der Waals surface area contributed by atoms with Gasteiger partial charge in [-0.2, -0.15) is 0 Å². The molecule has 1 unspecified atom stereocenters. The summed E-state index contributed by atoms with van der Waals surface area (Å²) in [5.41, 5.74) is 3.97. The van der Waals surface area contributed by atoms with Crippen molar-refractivity contribution < 1.29 is 4.52 Å². The highest BCUT2D eigenvalue weighted by atomic mass is 79.9. The van der Waals surface area contributed by atoms with E-state index in [1.54, 1.807) is 0 Å². The van der Waals surface area contributed by atoms with E-state index in [1.165, 1.54) is 0 Å². The van der Waals surface area contributed by atoms with Crippen LogP contribution in [0.15, 0.2) is 53.1 Å². The Morgan fingerprint density at radius 1 is 1.06 bits per heavy atom. The minimum Gasteiger partial charge on any atom is -0.355 e. The summed E-state index contributed by atoms with van der Waals surface area (Å²) in [6.07, 6.45) is 0. The lowest BCUT2D eigenvalue weighted by atomic mass is 10.0. The summed E-state index contributed by atoms with van der Waals surface area (Å²) >= 11 is 3.58. The van der Waals surface area contributed by atoms with Crippen molar-refractivity contribution in [2.75, 3.05) is 0 Å². The first kappa shape index (κ1) is 11.5. The number of para-hydroxylation sites is 1. The Balaban J connectivity index is 2.25. The summed E-state index contributed by atoms with van der Waals surface area (Å²) in [6, 6.07) is 16.2. The Hall–Kier alpha value is -1.61. The maximum Gasteiger partial charge on any atom is 0.171 e. The molecule has 0 spiro atoms. The van der Waals surface area contributed by atoms with Crippen LogP contribution in [0.5, 0.6) is 0 Å². The first-order valence-corrected chi connectivity index (χ1v) is 6.76. The second kappa shape index (κ2) is 4.58. The van der Waals surface area contributed by atoms with Gasteiger partial charge in [-0.3, -0.25) is 0 Å². The second-order valence-electron chi connectivity index (χ2n) is 4.24. The van der Waals surface area contributed by atoms with E-state index in [1.807, 2.05) is 42.5 Å². The lowest BCUT2D eigenvalue weighted by Gasteiger charge is -2.02. The summed E-state index contributed by atoms with van der Waals surface area (Å²) in [5, 5.41) is 5.27. The van der Waals surface area contributed by atoms with Crippen LogP contribution in [0.1, 0.15) is 17.3 Å². The number of halogens is 1. The lowest BCUT2D eigenvalue weighted by Crippen LogP contribution is -1.84. The Kier molecular flexibility index (Phi) is 2.92. The molecule has 0 N–H and O–H groups in total. The first-order valence-electron chi connectivity index (χ1n) is 5.85. The number of benzene rings is 2. The molecule has 0 saturated carbocycles. The number of alkyl halides is 1. The SMILES string of the molecule is CC(Br)c1cccc2c(-c3ccccc3)noc12. The molecular weight excluding hydrogens is 290 g/mol. The minimum atomic E-state index is 0.248. The number of aromatic nitrogens is 1. The summed E-state index contributed by atoms with van der Waals surface area (Å²) < 4.78 is 5.52. The second-order valence-corrected chi connectivity index (χ2v) is 5.61. The molecule has 1 heterocycles. The maximum absolute atomic E-state index is 5.52. The normalized spacial score (nSPS) is 12.8. The number of hydrogen-bond donors (Lipinski definition) is 0. The van der Waals surface area contributed by atoms with E-state index in [2.05, 4.69) is 34.1 Å². The zero-order chi connectivity index (χ0) is 12.5. The van der Waals surface area contributed by atoms with E-state index in [0.29, 0.717) is 0 Å². The van der Waals surface area contributed by atoms with Crippen molar-refractivity contribution >= 4 is 26.9 Å². The zero-order valence-corrected chi connectivity index (χ0v) is 11.5. The van der Waals surface area contributed by atoms with Crippen molar-refractivity contribution in [3.63, 3.8) is 0 Å². The summed E-state index contributed by atoms with van der Waals surface area (Å²) in [7, 11) is 0. The van der Waals surface area contributed by atoms with Gasteiger partial charge in [0.25, 0.3) is 0 Å². The summed E-state index contributed by atoms with van der Waals surface area (Å²) in [6.45, 7) is 2.08. The largest absolute Gasteiger partial charge is 0.355 e. The zero-order valence-electron chi connectivity index (χ0n) is 9.93. The van der Waals surface area contributed by atoms with E-state index < -0.39 is 0 Å². The Morgan fingerprint density at radius 2 is 1.83 bits per heavy atom. The molecule has 0 aliphatic rings. The van der Waals surface area contributed by atoms with Crippen molar-refractivity contribution in [3.8, 4) is 11.3 Å². The fourth-order valence-electron chi connectivity index (χ4n) is 2.10. The molecule has 90 valence electrons. The van der Waals surface area contributed by atoms with Crippen LogP contribution in [0.2, 0.25) is 0 Å². The Labute approximate surface area is 114 Å². The molecular formula is C15H12BrNO. The topological polar surface area (TPSA) is 26.0 Å². The molecule has 2 nitrogen and oxygen atoms in total. The molecule has 1 aromatic heterocycles. The number of fused-ring (bicyclic) bond motifs is 1. The minimum absolute atomic E-state index is 0.248. The van der Waals surface area contributed by atoms with Gasteiger partial charge in [0.15, 0.2) is 5.58 Å². The van der Waals surface area contributed by atoms with Crippen LogP contribution in [-0.4, -0.2) is 5.16 Å². The van der Waals surface area contributed by atoms with Crippen LogP contribution >= 0.6 is 15.9 Å². The van der Waals surface area contributed by atoms with Gasteiger partial charge in [0.05, 0.1) is 5.39 Å². The van der Waals surface area contributed by atoms with E-state index in [4.69, 9.17) is 4.52 Å². The molecule has 0 fully saturated rings. The van der Waals surface area contributed by atoms with Gasteiger partial charge in [-0.05, 0) is 13.0 Å². The van der Waals surface area contributed by atoms with Crippen molar-refractivity contribution in [2.45, 2.75) is 11.8 Å². The van der Waals surface area contributed by atoms with Crippen molar-refractivity contribution in [3.05, 3.63) is 54.1 Å². The molecule has 0 saturated heterocycles. The molecule has 0 aliphatic heterocycles. The van der Waals surface area contributed by atoms with Gasteiger partial charge in [0, 0.05) is 16.0 Å². The predicted octanol–water partition coefficient (Wildman–Crippen LogP) is 4.95. The fraction of sp³-hybridized carbons (Fsp3) is 0.133. The van der Waals surface area contributed by atoms with Crippen LogP contribution in [0.4, 0.5) is 0 Å². The molecule has 3 rings (SSSR count). The maximum atomic E-state index is 5.52. The average Bonchev–Trinajstić information content (AvgIpc) is 2.83. The van der Waals surface area contributed by atoms with Crippen LogP contribution in [0.25, 0.3) is 22.2 Å². The Bertz CT molecular complexity index is 673. The molecule has 0 bridgehead atoms. The van der Waals surface area contributed by atoms with Gasteiger partial charge in [-0.15, -0.1) is 0 Å². The van der Waals surface area contributed by atoms with Gasteiger partial charge >= 0.3 is 0 Å². The molecule has 0 aliphatic carbocycles. The first-order chi connectivity index (χ1) is 8.77. The summed E-state index contributed by atoms with van der Waals surface area (Å²) in [5.74, 6) is 0. The van der Waals surface area contributed by atoms with Crippen LogP contribution in [0, 0.1) is 0 Å². The highest BCUT2D eigenvalue weighted by molar-refractivity contribution is 9.09.